The largest absolute Gasteiger partial charge is 0.416 e. The van der Waals surface area contributed by atoms with E-state index in [1.165, 1.54) is 6.07 Å². The summed E-state index contributed by atoms with van der Waals surface area (Å²) in [6.45, 7) is 1.44. The van der Waals surface area contributed by atoms with Gasteiger partial charge in [-0.25, -0.2) is 0 Å². The first-order chi connectivity index (χ1) is 8.47. The van der Waals surface area contributed by atoms with Crippen molar-refractivity contribution in [3.05, 3.63) is 35.4 Å². The molecule has 18 heavy (non-hydrogen) atoms. The molecule has 0 N–H and O–H groups in total. The maximum Gasteiger partial charge on any atom is 0.416 e. The van der Waals surface area contributed by atoms with Crippen LogP contribution in [0.15, 0.2) is 24.3 Å². The summed E-state index contributed by atoms with van der Waals surface area (Å²) < 4.78 is 37.5. The third kappa shape index (κ3) is 3.03. The van der Waals surface area contributed by atoms with Crippen molar-refractivity contribution < 1.29 is 18.0 Å². The number of carbonyl (C=O) groups is 1. The lowest BCUT2D eigenvalue weighted by Crippen LogP contribution is -2.29. The summed E-state index contributed by atoms with van der Waals surface area (Å²) >= 11 is 0. The number of halogens is 3. The van der Waals surface area contributed by atoms with Crippen molar-refractivity contribution in [2.75, 3.05) is 13.1 Å². The Labute approximate surface area is 103 Å². The zero-order chi connectivity index (χ0) is 13.2. The predicted octanol–water partition coefficient (Wildman–Crippen LogP) is 2.87. The minimum absolute atomic E-state index is 0.0456. The van der Waals surface area contributed by atoms with Gasteiger partial charge in [0.2, 0.25) is 5.91 Å². The Hall–Kier alpha value is -1.52. The van der Waals surface area contributed by atoms with E-state index >= 15 is 0 Å². The molecule has 5 heteroatoms. The van der Waals surface area contributed by atoms with Gasteiger partial charge in [-0.05, 0) is 24.5 Å². The van der Waals surface area contributed by atoms with E-state index < -0.39 is 11.7 Å². The number of amides is 1. The van der Waals surface area contributed by atoms with E-state index in [1.807, 2.05) is 0 Å². The van der Waals surface area contributed by atoms with Crippen LogP contribution in [0.2, 0.25) is 0 Å². The van der Waals surface area contributed by atoms with Crippen LogP contribution < -0.4 is 0 Å². The summed E-state index contributed by atoms with van der Waals surface area (Å²) in [7, 11) is 0. The topological polar surface area (TPSA) is 20.3 Å². The molecule has 2 nitrogen and oxygen atoms in total. The van der Waals surface area contributed by atoms with Gasteiger partial charge in [-0.3, -0.25) is 4.79 Å². The number of benzene rings is 1. The third-order valence-electron chi connectivity index (χ3n) is 3.07. The number of alkyl halides is 3. The predicted molar refractivity (Wildman–Crippen MR) is 61.0 cm³/mol. The molecule has 0 unspecified atom stereocenters. The molecule has 0 saturated carbocycles. The summed E-state index contributed by atoms with van der Waals surface area (Å²) in [6.07, 6.45) is -2.35. The van der Waals surface area contributed by atoms with Crippen LogP contribution >= 0.6 is 0 Å². The van der Waals surface area contributed by atoms with Crippen molar-refractivity contribution >= 4 is 5.91 Å². The van der Waals surface area contributed by atoms with Crippen LogP contribution in [0.5, 0.6) is 0 Å². The molecule has 1 aromatic rings. The first-order valence-electron chi connectivity index (χ1n) is 5.91. The molecule has 1 saturated heterocycles. The molecule has 1 aromatic carbocycles. The fourth-order valence-electron chi connectivity index (χ4n) is 2.11. The number of likely N-dealkylation sites (tertiary alicyclic amines) is 1. The van der Waals surface area contributed by atoms with Crippen molar-refractivity contribution in [1.29, 1.82) is 0 Å². The highest BCUT2D eigenvalue weighted by Gasteiger charge is 2.30. The van der Waals surface area contributed by atoms with Gasteiger partial charge in [-0.15, -0.1) is 0 Å². The van der Waals surface area contributed by atoms with Gasteiger partial charge >= 0.3 is 6.18 Å². The third-order valence-corrected chi connectivity index (χ3v) is 3.07. The highest BCUT2D eigenvalue weighted by molar-refractivity contribution is 5.79. The van der Waals surface area contributed by atoms with E-state index in [-0.39, 0.29) is 12.3 Å². The van der Waals surface area contributed by atoms with Crippen LogP contribution in [0.1, 0.15) is 24.0 Å². The second-order valence-corrected chi connectivity index (χ2v) is 4.46. The fraction of sp³-hybridized carbons (Fsp3) is 0.462. The van der Waals surface area contributed by atoms with Crippen LogP contribution in [-0.4, -0.2) is 23.9 Å². The minimum atomic E-state index is -4.35. The highest BCUT2D eigenvalue weighted by atomic mass is 19.4. The smallest absolute Gasteiger partial charge is 0.342 e. The Morgan fingerprint density at radius 1 is 1.22 bits per heavy atom. The molecule has 1 aliphatic rings. The minimum Gasteiger partial charge on any atom is -0.342 e. The first kappa shape index (κ1) is 12.9. The first-order valence-corrected chi connectivity index (χ1v) is 5.91. The maximum absolute atomic E-state index is 12.5. The van der Waals surface area contributed by atoms with Gasteiger partial charge in [0.05, 0.1) is 12.0 Å². The molecule has 0 spiro atoms. The van der Waals surface area contributed by atoms with Gasteiger partial charge in [0.1, 0.15) is 0 Å². The van der Waals surface area contributed by atoms with Crippen molar-refractivity contribution in [2.24, 2.45) is 0 Å². The summed E-state index contributed by atoms with van der Waals surface area (Å²) in [5, 5.41) is 0. The maximum atomic E-state index is 12.5. The average molecular weight is 257 g/mol. The summed E-state index contributed by atoms with van der Waals surface area (Å²) in [4.78, 5) is 13.5. The van der Waals surface area contributed by atoms with Gasteiger partial charge in [0, 0.05) is 13.1 Å². The number of nitrogens with zero attached hydrogens (tertiary/aromatic N) is 1. The van der Waals surface area contributed by atoms with E-state index in [0.29, 0.717) is 5.56 Å². The second-order valence-electron chi connectivity index (χ2n) is 4.46. The number of rotatable bonds is 2. The molecule has 1 heterocycles. The Bertz CT molecular complexity index is 436. The van der Waals surface area contributed by atoms with Gasteiger partial charge in [0.15, 0.2) is 0 Å². The van der Waals surface area contributed by atoms with Gasteiger partial charge in [-0.2, -0.15) is 13.2 Å². The normalized spacial score (nSPS) is 16.1. The molecule has 1 aliphatic heterocycles. The van der Waals surface area contributed by atoms with Crippen LogP contribution in [0, 0.1) is 0 Å². The van der Waals surface area contributed by atoms with Crippen molar-refractivity contribution in [1.82, 2.24) is 4.90 Å². The summed E-state index contributed by atoms with van der Waals surface area (Å²) in [5.41, 5.74) is -0.282. The molecule has 1 amide bonds. The van der Waals surface area contributed by atoms with E-state index in [2.05, 4.69) is 0 Å². The monoisotopic (exact) mass is 257 g/mol. The quantitative estimate of drug-likeness (QED) is 0.797. The Kier molecular flexibility index (Phi) is 3.59. The zero-order valence-electron chi connectivity index (χ0n) is 9.83. The standard InChI is InChI=1S/C13H14F3NO/c14-13(15,16)11-5-3-4-10(8-11)9-12(18)17-6-1-2-7-17/h3-5,8H,1-2,6-7,9H2. The SMILES string of the molecule is O=C(Cc1cccc(C(F)(F)F)c1)N1CCCC1. The lowest BCUT2D eigenvalue weighted by molar-refractivity contribution is -0.137. The Morgan fingerprint density at radius 2 is 1.89 bits per heavy atom. The van der Waals surface area contributed by atoms with E-state index in [0.717, 1.165) is 38.1 Å². The van der Waals surface area contributed by atoms with Crippen LogP contribution in [0.25, 0.3) is 0 Å². The molecule has 0 bridgehead atoms. The molecular weight excluding hydrogens is 243 g/mol. The average Bonchev–Trinajstić information content (AvgIpc) is 2.81. The summed E-state index contributed by atoms with van der Waals surface area (Å²) in [5.74, 6) is -0.0909. The van der Waals surface area contributed by atoms with Crippen LogP contribution in [0.3, 0.4) is 0 Å². The Balaban J connectivity index is 2.07. The molecule has 98 valence electrons. The molecule has 2 rings (SSSR count). The molecule has 0 aliphatic carbocycles. The highest BCUT2D eigenvalue weighted by Crippen LogP contribution is 2.29. The molecule has 0 atom stereocenters. The van der Waals surface area contributed by atoms with Gasteiger partial charge < -0.3 is 4.90 Å². The number of hydrogen-bond acceptors (Lipinski definition) is 1. The number of carbonyl (C=O) groups excluding carboxylic acids is 1. The lowest BCUT2D eigenvalue weighted by atomic mass is 10.1. The van der Waals surface area contributed by atoms with Crippen LogP contribution in [-0.2, 0) is 17.4 Å². The number of hydrogen-bond donors (Lipinski definition) is 0. The van der Waals surface area contributed by atoms with Gasteiger partial charge in [0.25, 0.3) is 0 Å². The van der Waals surface area contributed by atoms with Crippen molar-refractivity contribution in [3.8, 4) is 0 Å². The fourth-order valence-corrected chi connectivity index (χ4v) is 2.11. The van der Waals surface area contributed by atoms with Crippen LogP contribution in [0.4, 0.5) is 13.2 Å². The zero-order valence-corrected chi connectivity index (χ0v) is 9.83. The summed E-state index contributed by atoms with van der Waals surface area (Å²) in [6, 6.07) is 4.97. The van der Waals surface area contributed by atoms with E-state index in [4.69, 9.17) is 0 Å². The van der Waals surface area contributed by atoms with E-state index in [1.54, 1.807) is 11.0 Å². The molecular formula is C13H14F3NO. The second kappa shape index (κ2) is 5.00. The van der Waals surface area contributed by atoms with Crippen molar-refractivity contribution in [2.45, 2.75) is 25.4 Å². The molecule has 0 aromatic heterocycles. The van der Waals surface area contributed by atoms with Crippen molar-refractivity contribution in [3.63, 3.8) is 0 Å². The Morgan fingerprint density at radius 3 is 2.50 bits per heavy atom. The lowest BCUT2D eigenvalue weighted by Gasteiger charge is -2.15. The molecule has 1 fully saturated rings. The van der Waals surface area contributed by atoms with Gasteiger partial charge in [-0.1, -0.05) is 18.2 Å². The van der Waals surface area contributed by atoms with E-state index in [9.17, 15) is 18.0 Å². The molecule has 0 radical (unpaired) electrons.